The van der Waals surface area contributed by atoms with Gasteiger partial charge in [-0.05, 0) is 36.1 Å². The number of piperazine rings is 1. The van der Waals surface area contributed by atoms with E-state index >= 15 is 0 Å². The second kappa shape index (κ2) is 7.24. The first-order valence-electron chi connectivity index (χ1n) is 9.05. The lowest BCUT2D eigenvalue weighted by Crippen LogP contribution is -2.53. The van der Waals surface area contributed by atoms with E-state index in [-0.39, 0.29) is 16.7 Å². The Bertz CT molecular complexity index is 1010. The number of ether oxygens (including phenoxy) is 1. The van der Waals surface area contributed by atoms with Crippen molar-refractivity contribution in [1.29, 1.82) is 0 Å². The highest BCUT2D eigenvalue weighted by Crippen LogP contribution is 2.32. The molecule has 1 aromatic carbocycles. The van der Waals surface area contributed by atoms with Crippen LogP contribution in [0.4, 0.5) is 5.82 Å². The van der Waals surface area contributed by atoms with Crippen molar-refractivity contribution in [2.24, 2.45) is 0 Å². The Hall–Kier alpha value is -2.21. The van der Waals surface area contributed by atoms with E-state index in [1.54, 1.807) is 16.7 Å². The number of hydrogen-bond acceptors (Lipinski definition) is 7. The molecular weight excluding hydrogens is 422 g/mol. The molecular formula is C17H20ClN5O5S. The molecule has 0 unspecified atom stereocenters. The van der Waals surface area contributed by atoms with Crippen LogP contribution in [0, 0.1) is 10.1 Å². The van der Waals surface area contributed by atoms with Crippen molar-refractivity contribution in [2.75, 3.05) is 32.7 Å². The van der Waals surface area contributed by atoms with Crippen LogP contribution in [-0.4, -0.2) is 70.4 Å². The van der Waals surface area contributed by atoms with E-state index in [4.69, 9.17) is 16.3 Å². The van der Waals surface area contributed by atoms with Gasteiger partial charge in [-0.2, -0.15) is 4.31 Å². The van der Waals surface area contributed by atoms with Crippen molar-refractivity contribution < 1.29 is 18.1 Å². The normalized spacial score (nSPS) is 23.0. The molecule has 0 spiro atoms. The molecule has 0 bridgehead atoms. The quantitative estimate of drug-likeness (QED) is 0.511. The fourth-order valence-corrected chi connectivity index (χ4v) is 5.27. The van der Waals surface area contributed by atoms with Crippen LogP contribution in [0.3, 0.4) is 0 Å². The average Bonchev–Trinajstić information content (AvgIpc) is 3.17. The third kappa shape index (κ3) is 3.95. The van der Waals surface area contributed by atoms with Gasteiger partial charge in [-0.25, -0.2) is 8.42 Å². The number of halogens is 1. The largest absolute Gasteiger partial charge is 0.436 e. The molecule has 1 atom stereocenters. The number of rotatable bonds is 5. The first-order chi connectivity index (χ1) is 13.7. The number of hydrogen-bond donors (Lipinski definition) is 0. The highest BCUT2D eigenvalue weighted by Gasteiger charge is 2.42. The SMILES string of the molecule is C[C@]1(CN2CCN(S(=O)(=O)c3ccc(Cl)cc3)CC2)Cn2cc([N+](=O)[O-])nc2O1. The summed E-state index contributed by atoms with van der Waals surface area (Å²) in [5.41, 5.74) is -0.575. The second-order valence-electron chi connectivity index (χ2n) is 7.45. The van der Waals surface area contributed by atoms with E-state index in [0.29, 0.717) is 44.3 Å². The predicted octanol–water partition coefficient (Wildman–Crippen LogP) is 1.60. The molecule has 12 heteroatoms. The van der Waals surface area contributed by atoms with Crippen molar-refractivity contribution >= 4 is 27.4 Å². The maximum atomic E-state index is 12.8. The van der Waals surface area contributed by atoms with Gasteiger partial charge in [-0.15, -0.1) is 0 Å². The van der Waals surface area contributed by atoms with Crippen LogP contribution in [-0.2, 0) is 16.6 Å². The summed E-state index contributed by atoms with van der Waals surface area (Å²) in [6, 6.07) is 6.40. The smallest absolute Gasteiger partial charge is 0.415 e. The molecule has 0 radical (unpaired) electrons. The number of nitro groups is 1. The summed E-state index contributed by atoms with van der Waals surface area (Å²) in [5, 5.41) is 11.3. The molecule has 1 fully saturated rings. The van der Waals surface area contributed by atoms with Crippen molar-refractivity contribution in [3.05, 3.63) is 45.6 Å². The predicted molar refractivity (Wildman–Crippen MR) is 105 cm³/mol. The molecule has 1 aromatic heterocycles. The molecule has 0 N–H and O–H groups in total. The van der Waals surface area contributed by atoms with Gasteiger partial charge < -0.3 is 14.9 Å². The summed E-state index contributed by atoms with van der Waals surface area (Å²) in [4.78, 5) is 16.5. The topological polar surface area (TPSA) is 111 Å². The molecule has 1 saturated heterocycles. The summed E-state index contributed by atoms with van der Waals surface area (Å²) in [6.45, 7) is 4.81. The minimum absolute atomic E-state index is 0.230. The minimum Gasteiger partial charge on any atom is -0.436 e. The molecule has 0 aliphatic carbocycles. The Balaban J connectivity index is 1.36. The summed E-state index contributed by atoms with van der Waals surface area (Å²) < 4.78 is 34.5. The zero-order valence-electron chi connectivity index (χ0n) is 15.7. The van der Waals surface area contributed by atoms with Gasteiger partial charge in [0, 0.05) is 42.7 Å². The number of aromatic nitrogens is 2. The number of nitrogens with zero attached hydrogens (tertiary/aromatic N) is 5. The van der Waals surface area contributed by atoms with E-state index in [2.05, 4.69) is 9.88 Å². The first-order valence-corrected chi connectivity index (χ1v) is 10.9. The molecule has 0 saturated carbocycles. The molecule has 29 heavy (non-hydrogen) atoms. The van der Waals surface area contributed by atoms with Crippen molar-refractivity contribution in [3.63, 3.8) is 0 Å². The van der Waals surface area contributed by atoms with E-state index in [1.807, 2.05) is 6.92 Å². The lowest BCUT2D eigenvalue weighted by Gasteiger charge is -2.37. The van der Waals surface area contributed by atoms with Gasteiger partial charge in [0.15, 0.2) is 0 Å². The molecule has 3 heterocycles. The molecule has 2 aliphatic rings. The summed E-state index contributed by atoms with van der Waals surface area (Å²) in [6.07, 6.45) is 1.37. The van der Waals surface area contributed by atoms with Gasteiger partial charge in [0.25, 0.3) is 0 Å². The Morgan fingerprint density at radius 3 is 2.48 bits per heavy atom. The third-order valence-electron chi connectivity index (χ3n) is 5.10. The van der Waals surface area contributed by atoms with Crippen molar-refractivity contribution in [1.82, 2.24) is 18.8 Å². The molecule has 2 aliphatic heterocycles. The number of imidazole rings is 1. The van der Waals surface area contributed by atoms with Crippen molar-refractivity contribution in [2.45, 2.75) is 24.0 Å². The highest BCUT2D eigenvalue weighted by molar-refractivity contribution is 7.89. The van der Waals surface area contributed by atoms with Crippen LogP contribution in [0.25, 0.3) is 0 Å². The minimum atomic E-state index is -3.55. The molecule has 4 rings (SSSR count). The van der Waals surface area contributed by atoms with Gasteiger partial charge in [0.05, 0.1) is 11.4 Å². The fourth-order valence-electron chi connectivity index (χ4n) is 3.72. The summed E-state index contributed by atoms with van der Waals surface area (Å²) in [5.74, 6) is -0.233. The number of fused-ring (bicyclic) bond motifs is 1. The van der Waals surface area contributed by atoms with Crippen molar-refractivity contribution in [3.8, 4) is 6.01 Å². The van der Waals surface area contributed by atoms with Gasteiger partial charge in [0.1, 0.15) is 11.8 Å². The zero-order chi connectivity index (χ0) is 20.8. The van der Waals surface area contributed by atoms with Crippen LogP contribution >= 0.6 is 11.6 Å². The Labute approximate surface area is 172 Å². The second-order valence-corrected chi connectivity index (χ2v) is 9.83. The van der Waals surface area contributed by atoms with Crippen LogP contribution in [0.2, 0.25) is 5.02 Å². The molecule has 156 valence electrons. The summed E-state index contributed by atoms with van der Waals surface area (Å²) in [7, 11) is -3.55. The van der Waals surface area contributed by atoms with Gasteiger partial charge in [-0.1, -0.05) is 11.6 Å². The highest BCUT2D eigenvalue weighted by atomic mass is 35.5. The lowest BCUT2D eigenvalue weighted by molar-refractivity contribution is -0.389. The van der Waals surface area contributed by atoms with E-state index in [0.717, 1.165) is 0 Å². The monoisotopic (exact) mass is 441 g/mol. The van der Waals surface area contributed by atoms with Crippen LogP contribution in [0.5, 0.6) is 6.01 Å². The van der Waals surface area contributed by atoms with Gasteiger partial charge in [-0.3, -0.25) is 9.47 Å². The standard InChI is InChI=1S/C17H20ClN5O5S/c1-17(12-21-10-15(23(24)25)19-16(21)28-17)11-20-6-8-22(9-7-20)29(26,27)14-4-2-13(18)3-5-14/h2-5,10H,6-9,11-12H2,1H3/t17-/m0/s1. The number of sulfonamides is 1. The maximum absolute atomic E-state index is 12.8. The van der Waals surface area contributed by atoms with Gasteiger partial charge >= 0.3 is 11.8 Å². The first kappa shape index (κ1) is 20.1. The zero-order valence-corrected chi connectivity index (χ0v) is 17.3. The van der Waals surface area contributed by atoms with E-state index in [1.165, 1.54) is 22.6 Å². The van der Waals surface area contributed by atoms with E-state index in [9.17, 15) is 18.5 Å². The molecule has 0 amide bonds. The Morgan fingerprint density at radius 1 is 1.24 bits per heavy atom. The lowest BCUT2D eigenvalue weighted by atomic mass is 10.1. The average molecular weight is 442 g/mol. The Kier molecular flexibility index (Phi) is 5.01. The van der Waals surface area contributed by atoms with Crippen LogP contribution < -0.4 is 4.74 Å². The maximum Gasteiger partial charge on any atom is 0.415 e. The van der Waals surface area contributed by atoms with Crippen LogP contribution in [0.15, 0.2) is 35.4 Å². The fraction of sp³-hybridized carbons (Fsp3) is 0.471. The third-order valence-corrected chi connectivity index (χ3v) is 7.26. The molecule has 10 nitrogen and oxygen atoms in total. The van der Waals surface area contributed by atoms with Crippen LogP contribution in [0.1, 0.15) is 6.92 Å². The number of benzene rings is 1. The molecule has 2 aromatic rings. The summed E-state index contributed by atoms with van der Waals surface area (Å²) >= 11 is 5.84. The Morgan fingerprint density at radius 2 is 1.90 bits per heavy atom. The van der Waals surface area contributed by atoms with Gasteiger partial charge in [0.2, 0.25) is 10.0 Å². The van der Waals surface area contributed by atoms with E-state index < -0.39 is 20.5 Å².